The van der Waals surface area contributed by atoms with Gasteiger partial charge < -0.3 is 14.4 Å². The first-order valence-corrected chi connectivity index (χ1v) is 10.9. The highest BCUT2D eigenvalue weighted by Crippen LogP contribution is 2.31. The molecule has 2 aliphatic heterocycles. The zero-order valence-corrected chi connectivity index (χ0v) is 16.6. The first-order chi connectivity index (χ1) is 14.5. The third kappa shape index (κ3) is 3.15. The van der Waals surface area contributed by atoms with Crippen molar-refractivity contribution < 1.29 is 27.3 Å². The van der Waals surface area contributed by atoms with Crippen LogP contribution in [0.5, 0.6) is 11.5 Å². The van der Waals surface area contributed by atoms with Gasteiger partial charge in [0.2, 0.25) is 16.1 Å². The van der Waals surface area contributed by atoms with Gasteiger partial charge in [-0.05, 0) is 34.6 Å². The van der Waals surface area contributed by atoms with Crippen molar-refractivity contribution in [3.8, 4) is 11.5 Å². The molecule has 10 nitrogen and oxygen atoms in total. The van der Waals surface area contributed by atoms with Gasteiger partial charge in [0.25, 0.3) is 5.91 Å². The molecule has 156 valence electrons. The van der Waals surface area contributed by atoms with E-state index in [1.54, 1.807) is 29.2 Å². The minimum atomic E-state index is -3.80. The first-order valence-electron chi connectivity index (χ1n) is 9.43. The summed E-state index contributed by atoms with van der Waals surface area (Å²) in [4.78, 5) is 14.5. The van der Waals surface area contributed by atoms with E-state index in [4.69, 9.17) is 9.47 Å². The maximum Gasteiger partial charge on any atom is 0.267 e. The van der Waals surface area contributed by atoms with E-state index in [0.717, 1.165) is 0 Å². The molecule has 30 heavy (non-hydrogen) atoms. The van der Waals surface area contributed by atoms with Crippen molar-refractivity contribution in [1.29, 1.82) is 0 Å². The molecule has 11 heteroatoms. The highest BCUT2D eigenvalue weighted by atomic mass is 32.2. The molecule has 0 spiro atoms. The summed E-state index contributed by atoms with van der Waals surface area (Å²) in [5.41, 5.74) is 0.571. The Morgan fingerprint density at radius 2 is 1.73 bits per heavy atom. The van der Waals surface area contributed by atoms with Crippen LogP contribution in [0.3, 0.4) is 0 Å². The van der Waals surface area contributed by atoms with Crippen LogP contribution in [0.25, 0.3) is 11.0 Å². The van der Waals surface area contributed by atoms with E-state index in [0.29, 0.717) is 17.0 Å². The van der Waals surface area contributed by atoms with E-state index in [9.17, 15) is 13.2 Å². The van der Waals surface area contributed by atoms with Crippen molar-refractivity contribution in [2.45, 2.75) is 11.0 Å². The number of rotatable bonds is 3. The number of carbonyl (C=O) groups excluding carboxylic acids is 1. The number of sulfonamides is 1. The molecule has 0 radical (unpaired) electrons. The van der Waals surface area contributed by atoms with Crippen LogP contribution >= 0.6 is 0 Å². The summed E-state index contributed by atoms with van der Waals surface area (Å²) >= 11 is 0. The summed E-state index contributed by atoms with van der Waals surface area (Å²) in [5.74, 6) is 0.913. The molecule has 1 aromatic heterocycles. The summed E-state index contributed by atoms with van der Waals surface area (Å²) < 4.78 is 43.6. The van der Waals surface area contributed by atoms with Crippen LogP contribution in [-0.2, 0) is 14.8 Å². The van der Waals surface area contributed by atoms with Gasteiger partial charge in [0.05, 0.1) is 0 Å². The number of aromatic nitrogens is 2. The Bertz CT molecular complexity index is 1200. The van der Waals surface area contributed by atoms with Gasteiger partial charge in [-0.15, -0.1) is 0 Å². The second-order valence-electron chi connectivity index (χ2n) is 6.98. The highest BCUT2D eigenvalue weighted by Gasteiger charge is 2.36. The number of hydrogen-bond donors (Lipinski definition) is 0. The number of nitrogens with zero attached hydrogens (tertiary/aromatic N) is 4. The molecule has 1 atom stereocenters. The maximum absolute atomic E-state index is 13.1. The number of benzene rings is 2. The molecule has 1 fully saturated rings. The molecule has 0 N–H and O–H groups in total. The standard InChI is InChI=1S/C19H18N4O6S/c24-19(16-12-27-14-5-1-2-6-15(14)28-16)22-8-10-23(11-9-22)30(25,26)17-7-3-4-13-18(17)21-29-20-13/h1-7,16H,8-12H2. The number of ether oxygens (including phenoxy) is 2. The van der Waals surface area contributed by atoms with Gasteiger partial charge in [-0.25, -0.2) is 13.0 Å². The van der Waals surface area contributed by atoms with Crippen molar-refractivity contribution in [3.05, 3.63) is 42.5 Å². The molecule has 1 amide bonds. The molecule has 1 unspecified atom stereocenters. The van der Waals surface area contributed by atoms with Crippen LogP contribution in [0.15, 0.2) is 52.0 Å². The summed E-state index contributed by atoms with van der Waals surface area (Å²) in [7, 11) is -3.80. The molecule has 5 rings (SSSR count). The lowest BCUT2D eigenvalue weighted by molar-refractivity contribution is -0.142. The van der Waals surface area contributed by atoms with Crippen LogP contribution in [0.2, 0.25) is 0 Å². The van der Waals surface area contributed by atoms with Gasteiger partial charge in [-0.3, -0.25) is 4.79 Å². The van der Waals surface area contributed by atoms with Crippen LogP contribution in [0.4, 0.5) is 0 Å². The van der Waals surface area contributed by atoms with Crippen LogP contribution in [0.1, 0.15) is 0 Å². The normalized spacial score (nSPS) is 19.7. The third-order valence-electron chi connectivity index (χ3n) is 5.20. The average molecular weight is 430 g/mol. The molecule has 3 aromatic rings. The van der Waals surface area contributed by atoms with Gasteiger partial charge in [0.15, 0.2) is 17.0 Å². The number of hydrogen-bond acceptors (Lipinski definition) is 8. The molecule has 0 aliphatic carbocycles. The van der Waals surface area contributed by atoms with E-state index in [2.05, 4.69) is 14.9 Å². The fourth-order valence-corrected chi connectivity index (χ4v) is 5.18. The minimum absolute atomic E-state index is 0.0432. The largest absolute Gasteiger partial charge is 0.485 e. The Balaban J connectivity index is 1.27. The second-order valence-corrected chi connectivity index (χ2v) is 8.89. The summed E-state index contributed by atoms with van der Waals surface area (Å²) in [5, 5.41) is 7.41. The average Bonchev–Trinajstić information content (AvgIpc) is 3.27. The smallest absolute Gasteiger partial charge is 0.267 e. The van der Waals surface area contributed by atoms with E-state index < -0.39 is 16.1 Å². The number of piperazine rings is 1. The van der Waals surface area contributed by atoms with E-state index in [-0.39, 0.29) is 49.1 Å². The lowest BCUT2D eigenvalue weighted by atomic mass is 10.2. The van der Waals surface area contributed by atoms with Crippen molar-refractivity contribution in [2.75, 3.05) is 32.8 Å². The summed E-state index contributed by atoms with van der Waals surface area (Å²) in [6.45, 7) is 0.967. The zero-order chi connectivity index (χ0) is 20.7. The minimum Gasteiger partial charge on any atom is -0.485 e. The molecule has 2 aliphatic rings. The first kappa shape index (κ1) is 18.8. The molecule has 0 bridgehead atoms. The topological polar surface area (TPSA) is 115 Å². The predicted molar refractivity (Wildman–Crippen MR) is 103 cm³/mol. The molecular weight excluding hydrogens is 412 g/mol. The Morgan fingerprint density at radius 1 is 0.967 bits per heavy atom. The number of amides is 1. The summed E-state index contributed by atoms with van der Waals surface area (Å²) in [6.07, 6.45) is -0.752. The second kappa shape index (κ2) is 7.26. The van der Waals surface area contributed by atoms with Gasteiger partial charge in [-0.1, -0.05) is 18.2 Å². The number of carbonyl (C=O) groups is 1. The lowest BCUT2D eigenvalue weighted by Crippen LogP contribution is -2.55. The van der Waals surface area contributed by atoms with Gasteiger partial charge in [0, 0.05) is 26.2 Å². The van der Waals surface area contributed by atoms with Crippen LogP contribution in [0, 0.1) is 0 Å². The van der Waals surface area contributed by atoms with Gasteiger partial charge >= 0.3 is 0 Å². The van der Waals surface area contributed by atoms with Gasteiger partial charge in [0.1, 0.15) is 17.0 Å². The fourth-order valence-electron chi connectivity index (χ4n) is 3.62. The molecule has 0 saturated carbocycles. The molecule has 3 heterocycles. The molecule has 1 saturated heterocycles. The quantitative estimate of drug-likeness (QED) is 0.602. The van der Waals surface area contributed by atoms with E-state index in [1.807, 2.05) is 12.1 Å². The number of para-hydroxylation sites is 2. The van der Waals surface area contributed by atoms with E-state index >= 15 is 0 Å². The lowest BCUT2D eigenvalue weighted by Gasteiger charge is -2.36. The van der Waals surface area contributed by atoms with Crippen molar-refractivity contribution in [2.24, 2.45) is 0 Å². The molecular formula is C19H18N4O6S. The third-order valence-corrected chi connectivity index (χ3v) is 7.13. The predicted octanol–water partition coefficient (Wildman–Crippen LogP) is 0.896. The molecule has 2 aromatic carbocycles. The van der Waals surface area contributed by atoms with Gasteiger partial charge in [-0.2, -0.15) is 4.31 Å². The number of fused-ring (bicyclic) bond motifs is 2. The SMILES string of the molecule is O=C(C1COc2ccccc2O1)N1CCN(S(=O)(=O)c2cccc3nonc23)CC1. The Hall–Kier alpha value is -3.18. The fraction of sp³-hybridized carbons (Fsp3) is 0.316. The van der Waals surface area contributed by atoms with E-state index in [1.165, 1.54) is 10.4 Å². The Morgan fingerprint density at radius 3 is 2.53 bits per heavy atom. The zero-order valence-electron chi connectivity index (χ0n) is 15.8. The van der Waals surface area contributed by atoms with Crippen molar-refractivity contribution >= 4 is 27.0 Å². The summed E-state index contributed by atoms with van der Waals surface area (Å²) in [6, 6.07) is 11.9. The Labute approximate surface area is 172 Å². The van der Waals surface area contributed by atoms with Crippen LogP contribution in [-0.4, -0.2) is 72.7 Å². The van der Waals surface area contributed by atoms with Crippen molar-refractivity contribution in [1.82, 2.24) is 19.5 Å². The maximum atomic E-state index is 13.1. The van der Waals surface area contributed by atoms with Crippen LogP contribution < -0.4 is 9.47 Å². The Kier molecular flexibility index (Phi) is 4.55. The highest BCUT2D eigenvalue weighted by molar-refractivity contribution is 7.89. The monoisotopic (exact) mass is 430 g/mol. The van der Waals surface area contributed by atoms with Crippen molar-refractivity contribution in [3.63, 3.8) is 0 Å².